The molecule has 2 rings (SSSR count). The van der Waals surface area contributed by atoms with Crippen molar-refractivity contribution < 1.29 is 13.9 Å². The first-order valence-corrected chi connectivity index (χ1v) is 5.93. The fourth-order valence-electron chi connectivity index (χ4n) is 1.87. The van der Waals surface area contributed by atoms with Crippen molar-refractivity contribution in [1.82, 2.24) is 0 Å². The van der Waals surface area contributed by atoms with Gasteiger partial charge in [0.2, 0.25) is 0 Å². The summed E-state index contributed by atoms with van der Waals surface area (Å²) in [7, 11) is 0. The van der Waals surface area contributed by atoms with Gasteiger partial charge in [0.25, 0.3) is 0 Å². The highest BCUT2D eigenvalue weighted by Gasteiger charge is 2.13. The number of carbonyl (C=O) groups excluding carboxylic acids is 1. The zero-order valence-electron chi connectivity index (χ0n) is 10.5. The van der Waals surface area contributed by atoms with Crippen molar-refractivity contribution in [2.45, 2.75) is 6.92 Å². The molecule has 0 saturated carbocycles. The molecule has 0 unspecified atom stereocenters. The summed E-state index contributed by atoms with van der Waals surface area (Å²) in [4.78, 5) is 10.9. The molecule has 0 saturated heterocycles. The monoisotopic (exact) mass is 259 g/mol. The van der Waals surface area contributed by atoms with Crippen LogP contribution < -0.4 is 10.5 Å². The third-order valence-corrected chi connectivity index (χ3v) is 2.80. The topological polar surface area (TPSA) is 52.3 Å². The molecule has 4 heteroatoms. The van der Waals surface area contributed by atoms with Crippen LogP contribution in [0.3, 0.4) is 0 Å². The van der Waals surface area contributed by atoms with Gasteiger partial charge in [-0.1, -0.05) is 12.1 Å². The summed E-state index contributed by atoms with van der Waals surface area (Å²) in [6.45, 7) is 2.27. The van der Waals surface area contributed by atoms with Crippen LogP contribution in [0.5, 0.6) is 5.75 Å². The molecule has 2 N–H and O–H groups in total. The minimum absolute atomic E-state index is 0.304. The lowest BCUT2D eigenvalue weighted by molar-refractivity contribution is 0.112. The maximum absolute atomic E-state index is 12.9. The number of rotatable bonds is 4. The first-order chi connectivity index (χ1) is 9.17. The van der Waals surface area contributed by atoms with E-state index in [2.05, 4.69) is 0 Å². The molecule has 98 valence electrons. The number of nitrogens with two attached hydrogens (primary N) is 1. The molecule has 0 aliphatic heterocycles. The van der Waals surface area contributed by atoms with Crippen LogP contribution in [0.4, 0.5) is 10.1 Å². The van der Waals surface area contributed by atoms with Crippen molar-refractivity contribution in [3.05, 3.63) is 47.8 Å². The summed E-state index contributed by atoms with van der Waals surface area (Å²) in [5, 5.41) is 0. The molecule has 2 aromatic rings. The highest BCUT2D eigenvalue weighted by molar-refractivity contribution is 5.90. The molecule has 0 spiro atoms. The number of ether oxygens (including phenoxy) is 1. The Morgan fingerprint density at radius 3 is 2.47 bits per heavy atom. The van der Waals surface area contributed by atoms with Gasteiger partial charge in [-0.2, -0.15) is 0 Å². The smallest absolute Gasteiger partial charge is 0.152 e. The number of benzene rings is 2. The zero-order chi connectivity index (χ0) is 13.8. The number of halogens is 1. The van der Waals surface area contributed by atoms with Gasteiger partial charge in [0, 0.05) is 11.1 Å². The molecule has 0 aliphatic carbocycles. The predicted octanol–water partition coefficient (Wildman–Crippen LogP) is 3.29. The van der Waals surface area contributed by atoms with Gasteiger partial charge in [-0.25, -0.2) is 4.39 Å². The van der Waals surface area contributed by atoms with Crippen molar-refractivity contribution in [3.8, 4) is 16.9 Å². The number of nitrogen functional groups attached to an aromatic ring is 1. The summed E-state index contributed by atoms with van der Waals surface area (Å²) in [6, 6.07) is 9.41. The first kappa shape index (κ1) is 13.1. The summed E-state index contributed by atoms with van der Waals surface area (Å²) >= 11 is 0. The molecule has 0 aromatic heterocycles. The summed E-state index contributed by atoms with van der Waals surface area (Å²) in [6.07, 6.45) is 0.687. The third-order valence-electron chi connectivity index (χ3n) is 2.80. The largest absolute Gasteiger partial charge is 0.491 e. The number of hydrogen-bond donors (Lipinski definition) is 1. The van der Waals surface area contributed by atoms with E-state index in [9.17, 15) is 9.18 Å². The molecule has 3 nitrogen and oxygen atoms in total. The van der Waals surface area contributed by atoms with E-state index in [0.717, 1.165) is 11.1 Å². The molecule has 0 aliphatic rings. The standard InChI is InChI=1S/C15H14FNO2/c1-2-19-15-13(8-5-11(9-18)14(15)17)10-3-6-12(16)7-4-10/h3-9H,2,17H2,1H3. The van der Waals surface area contributed by atoms with Gasteiger partial charge in [0.05, 0.1) is 12.3 Å². The van der Waals surface area contributed by atoms with E-state index in [-0.39, 0.29) is 5.82 Å². The van der Waals surface area contributed by atoms with Crippen LogP contribution in [-0.4, -0.2) is 12.9 Å². The molecular formula is C15H14FNO2. The van der Waals surface area contributed by atoms with Crippen molar-refractivity contribution >= 4 is 12.0 Å². The van der Waals surface area contributed by atoms with Gasteiger partial charge in [-0.15, -0.1) is 0 Å². The van der Waals surface area contributed by atoms with E-state index in [1.165, 1.54) is 12.1 Å². The first-order valence-electron chi connectivity index (χ1n) is 5.93. The molecule has 0 amide bonds. The summed E-state index contributed by atoms with van der Waals surface area (Å²) in [5.41, 5.74) is 8.13. The van der Waals surface area contributed by atoms with E-state index in [0.29, 0.717) is 29.9 Å². The van der Waals surface area contributed by atoms with Gasteiger partial charge in [0.1, 0.15) is 5.82 Å². The maximum atomic E-state index is 12.9. The van der Waals surface area contributed by atoms with Gasteiger partial charge in [-0.05, 0) is 36.8 Å². The van der Waals surface area contributed by atoms with Gasteiger partial charge in [0.15, 0.2) is 12.0 Å². The average Bonchev–Trinajstić information content (AvgIpc) is 2.42. The molecular weight excluding hydrogens is 245 g/mol. The van der Waals surface area contributed by atoms with Crippen LogP contribution in [0.25, 0.3) is 11.1 Å². The van der Waals surface area contributed by atoms with E-state index in [1.54, 1.807) is 24.3 Å². The Kier molecular flexibility index (Phi) is 3.80. The van der Waals surface area contributed by atoms with E-state index < -0.39 is 0 Å². The highest BCUT2D eigenvalue weighted by atomic mass is 19.1. The van der Waals surface area contributed by atoms with Crippen LogP contribution in [0.1, 0.15) is 17.3 Å². The minimum atomic E-state index is -0.306. The minimum Gasteiger partial charge on any atom is -0.491 e. The third kappa shape index (κ3) is 2.57. The lowest BCUT2D eigenvalue weighted by Gasteiger charge is -2.14. The SMILES string of the molecule is CCOc1c(-c2ccc(F)cc2)ccc(C=O)c1N. The molecule has 19 heavy (non-hydrogen) atoms. The quantitative estimate of drug-likeness (QED) is 0.677. The van der Waals surface area contributed by atoms with E-state index in [1.807, 2.05) is 6.92 Å². The Bertz CT molecular complexity index is 594. The second kappa shape index (κ2) is 5.52. The van der Waals surface area contributed by atoms with Crippen molar-refractivity contribution in [1.29, 1.82) is 0 Å². The summed E-state index contributed by atoms with van der Waals surface area (Å²) < 4.78 is 18.5. The Balaban J connectivity index is 2.59. The number of hydrogen-bond acceptors (Lipinski definition) is 3. The Morgan fingerprint density at radius 1 is 1.21 bits per heavy atom. The van der Waals surface area contributed by atoms with Crippen molar-refractivity contribution in [2.24, 2.45) is 0 Å². The molecule has 0 heterocycles. The molecule has 2 aromatic carbocycles. The van der Waals surface area contributed by atoms with Crippen LogP contribution in [0.15, 0.2) is 36.4 Å². The van der Waals surface area contributed by atoms with Crippen molar-refractivity contribution in [2.75, 3.05) is 12.3 Å². The zero-order valence-corrected chi connectivity index (χ0v) is 10.5. The molecule has 0 bridgehead atoms. The van der Waals surface area contributed by atoms with Crippen molar-refractivity contribution in [3.63, 3.8) is 0 Å². The molecule has 0 atom stereocenters. The predicted molar refractivity (Wildman–Crippen MR) is 72.8 cm³/mol. The van der Waals surface area contributed by atoms with E-state index >= 15 is 0 Å². The molecule has 0 radical (unpaired) electrons. The summed E-state index contributed by atoms with van der Waals surface area (Å²) in [5.74, 6) is 0.151. The fraction of sp³-hybridized carbons (Fsp3) is 0.133. The van der Waals surface area contributed by atoms with E-state index in [4.69, 9.17) is 10.5 Å². The molecule has 0 fully saturated rings. The van der Waals surface area contributed by atoms with Gasteiger partial charge < -0.3 is 10.5 Å². The Labute approximate surface area is 110 Å². The lowest BCUT2D eigenvalue weighted by atomic mass is 10.0. The van der Waals surface area contributed by atoms with Crippen LogP contribution in [0.2, 0.25) is 0 Å². The van der Waals surface area contributed by atoms with Gasteiger partial charge in [-0.3, -0.25) is 4.79 Å². The normalized spacial score (nSPS) is 10.2. The average molecular weight is 259 g/mol. The Morgan fingerprint density at radius 2 is 1.89 bits per heavy atom. The highest BCUT2D eigenvalue weighted by Crippen LogP contribution is 2.36. The second-order valence-corrected chi connectivity index (χ2v) is 4.00. The Hall–Kier alpha value is -2.36. The fourth-order valence-corrected chi connectivity index (χ4v) is 1.87. The maximum Gasteiger partial charge on any atom is 0.152 e. The number of aldehydes is 1. The number of anilines is 1. The lowest BCUT2D eigenvalue weighted by Crippen LogP contribution is -2.02. The van der Waals surface area contributed by atoms with Gasteiger partial charge >= 0.3 is 0 Å². The van der Waals surface area contributed by atoms with Crippen LogP contribution in [0, 0.1) is 5.82 Å². The second-order valence-electron chi connectivity index (χ2n) is 4.00. The van der Waals surface area contributed by atoms with Crippen LogP contribution in [-0.2, 0) is 0 Å². The number of carbonyl (C=O) groups is 1. The van der Waals surface area contributed by atoms with Crippen LogP contribution >= 0.6 is 0 Å².